The quantitative estimate of drug-likeness (QED) is 0.805. The normalized spacial score (nSPS) is 14.8. The number of rotatable bonds is 3. The van der Waals surface area contributed by atoms with Gasteiger partial charge in [-0.25, -0.2) is 0 Å². The predicted molar refractivity (Wildman–Crippen MR) is 94.1 cm³/mol. The molecule has 0 aliphatic carbocycles. The van der Waals surface area contributed by atoms with Crippen molar-refractivity contribution < 1.29 is 9.47 Å². The molecule has 1 saturated heterocycles. The van der Waals surface area contributed by atoms with Crippen LogP contribution in [0.3, 0.4) is 0 Å². The summed E-state index contributed by atoms with van der Waals surface area (Å²) in [4.78, 5) is 17.1. The number of para-hydroxylation sites is 1. The first-order chi connectivity index (χ1) is 11.8. The highest BCUT2D eigenvalue weighted by molar-refractivity contribution is 5.88. The van der Waals surface area contributed by atoms with Crippen molar-refractivity contribution in [1.29, 1.82) is 0 Å². The zero-order chi connectivity index (χ0) is 16.4. The number of aromatic nitrogens is 1. The fraction of sp³-hybridized carbons (Fsp3) is 0.211. The molecule has 2 heterocycles. The third-order valence-corrected chi connectivity index (χ3v) is 4.14. The number of benzene rings is 2. The minimum Gasteiger partial charge on any atom is -0.456 e. The summed E-state index contributed by atoms with van der Waals surface area (Å²) in [5.41, 5.74) is 1.70. The maximum atomic E-state index is 11.9. The molecule has 5 nitrogen and oxygen atoms in total. The van der Waals surface area contributed by atoms with Crippen LogP contribution in [0.2, 0.25) is 0 Å². The zero-order valence-electron chi connectivity index (χ0n) is 13.2. The molecule has 0 spiro atoms. The highest BCUT2D eigenvalue weighted by Crippen LogP contribution is 2.30. The van der Waals surface area contributed by atoms with Crippen molar-refractivity contribution in [3.8, 4) is 11.5 Å². The monoisotopic (exact) mass is 322 g/mol. The standard InChI is InChI=1S/C19H18N2O3/c22-19-13-18(24-15-4-2-1-3-5-15)16-12-14(6-7-17(16)20-19)21-8-10-23-11-9-21/h1-7,12-13H,8-11H2,(H,20,22). The van der Waals surface area contributed by atoms with Crippen molar-refractivity contribution in [2.75, 3.05) is 31.2 Å². The number of aromatic amines is 1. The van der Waals surface area contributed by atoms with Crippen LogP contribution in [0.1, 0.15) is 0 Å². The number of hydrogen-bond donors (Lipinski definition) is 1. The average Bonchev–Trinajstić information content (AvgIpc) is 2.63. The first kappa shape index (κ1) is 14.8. The van der Waals surface area contributed by atoms with Gasteiger partial charge in [-0.1, -0.05) is 18.2 Å². The van der Waals surface area contributed by atoms with Crippen LogP contribution in [0.5, 0.6) is 11.5 Å². The molecule has 0 amide bonds. The Bertz CT molecular complexity index is 899. The first-order valence-electron chi connectivity index (χ1n) is 8.02. The van der Waals surface area contributed by atoms with Gasteiger partial charge in [0.15, 0.2) is 0 Å². The third-order valence-electron chi connectivity index (χ3n) is 4.14. The van der Waals surface area contributed by atoms with Crippen molar-refractivity contribution in [2.45, 2.75) is 0 Å². The van der Waals surface area contributed by atoms with Gasteiger partial charge in [0.25, 0.3) is 5.56 Å². The van der Waals surface area contributed by atoms with Gasteiger partial charge in [0.2, 0.25) is 0 Å². The topological polar surface area (TPSA) is 54.6 Å². The van der Waals surface area contributed by atoms with Crippen LogP contribution >= 0.6 is 0 Å². The predicted octanol–water partition coefficient (Wildman–Crippen LogP) is 3.16. The Morgan fingerprint density at radius 2 is 1.79 bits per heavy atom. The number of nitrogens with zero attached hydrogens (tertiary/aromatic N) is 1. The first-order valence-corrected chi connectivity index (χ1v) is 8.02. The number of anilines is 1. The van der Waals surface area contributed by atoms with E-state index >= 15 is 0 Å². The van der Waals surface area contributed by atoms with Crippen molar-refractivity contribution >= 4 is 16.6 Å². The lowest BCUT2D eigenvalue weighted by molar-refractivity contribution is 0.122. The Labute approximate surface area is 139 Å². The SMILES string of the molecule is O=c1cc(Oc2ccccc2)c2cc(N3CCOCC3)ccc2[nH]1. The summed E-state index contributed by atoms with van der Waals surface area (Å²) in [6, 6.07) is 17.0. The molecule has 1 aliphatic rings. The number of ether oxygens (including phenoxy) is 2. The molecule has 2 aromatic carbocycles. The largest absolute Gasteiger partial charge is 0.456 e. The Balaban J connectivity index is 1.77. The van der Waals surface area contributed by atoms with Crippen molar-refractivity contribution in [3.05, 3.63) is 65.0 Å². The fourth-order valence-electron chi connectivity index (χ4n) is 2.93. The van der Waals surface area contributed by atoms with Gasteiger partial charge in [0.05, 0.1) is 18.7 Å². The van der Waals surface area contributed by atoms with E-state index in [4.69, 9.17) is 9.47 Å². The van der Waals surface area contributed by atoms with Crippen LogP contribution in [-0.2, 0) is 4.74 Å². The summed E-state index contributed by atoms with van der Waals surface area (Å²) in [6.45, 7) is 3.20. The molecule has 1 fully saturated rings. The van der Waals surface area contributed by atoms with Gasteiger partial charge in [0.1, 0.15) is 11.5 Å². The van der Waals surface area contributed by atoms with Gasteiger partial charge in [-0.05, 0) is 30.3 Å². The maximum Gasteiger partial charge on any atom is 0.252 e. The number of pyridine rings is 1. The fourth-order valence-corrected chi connectivity index (χ4v) is 2.93. The number of fused-ring (bicyclic) bond motifs is 1. The van der Waals surface area contributed by atoms with Gasteiger partial charge >= 0.3 is 0 Å². The smallest absolute Gasteiger partial charge is 0.252 e. The Morgan fingerprint density at radius 3 is 2.58 bits per heavy atom. The van der Waals surface area contributed by atoms with E-state index in [9.17, 15) is 4.79 Å². The molecule has 1 N–H and O–H groups in total. The lowest BCUT2D eigenvalue weighted by atomic mass is 10.1. The molecule has 3 aromatic rings. The van der Waals surface area contributed by atoms with Gasteiger partial charge < -0.3 is 19.4 Å². The molecule has 0 atom stereocenters. The highest BCUT2D eigenvalue weighted by Gasteiger charge is 2.13. The third kappa shape index (κ3) is 2.98. The molecule has 0 saturated carbocycles. The second kappa shape index (κ2) is 6.37. The molecule has 1 aromatic heterocycles. The molecule has 1 aliphatic heterocycles. The Morgan fingerprint density at radius 1 is 1.00 bits per heavy atom. The van der Waals surface area contributed by atoms with Crippen LogP contribution < -0.4 is 15.2 Å². The molecule has 4 rings (SSSR count). The Kier molecular flexibility index (Phi) is 3.92. The van der Waals surface area contributed by atoms with E-state index in [2.05, 4.69) is 16.0 Å². The van der Waals surface area contributed by atoms with E-state index in [0.717, 1.165) is 42.9 Å². The van der Waals surface area contributed by atoms with Gasteiger partial charge in [-0.15, -0.1) is 0 Å². The minimum atomic E-state index is -0.174. The summed E-state index contributed by atoms with van der Waals surface area (Å²) < 4.78 is 11.4. The number of H-pyrrole nitrogens is 1. The number of morpholine rings is 1. The number of nitrogens with one attached hydrogen (secondary N) is 1. The van der Waals surface area contributed by atoms with E-state index < -0.39 is 0 Å². The summed E-state index contributed by atoms with van der Waals surface area (Å²) in [6.07, 6.45) is 0. The summed E-state index contributed by atoms with van der Waals surface area (Å²) in [5.74, 6) is 1.27. The van der Waals surface area contributed by atoms with E-state index in [0.29, 0.717) is 11.5 Å². The molecule has 5 heteroatoms. The van der Waals surface area contributed by atoms with E-state index in [1.54, 1.807) is 0 Å². The lowest BCUT2D eigenvalue weighted by Gasteiger charge is -2.29. The van der Waals surface area contributed by atoms with Crippen molar-refractivity contribution in [2.24, 2.45) is 0 Å². The van der Waals surface area contributed by atoms with Gasteiger partial charge in [0, 0.05) is 30.2 Å². The summed E-state index contributed by atoms with van der Waals surface area (Å²) in [5, 5.41) is 0.891. The van der Waals surface area contributed by atoms with E-state index in [1.807, 2.05) is 42.5 Å². The zero-order valence-corrected chi connectivity index (χ0v) is 13.2. The highest BCUT2D eigenvalue weighted by atomic mass is 16.5. The molecule has 0 unspecified atom stereocenters. The van der Waals surface area contributed by atoms with Gasteiger partial charge in [-0.3, -0.25) is 4.79 Å². The molecule has 122 valence electrons. The Hall–Kier alpha value is -2.79. The molecule has 0 bridgehead atoms. The maximum absolute atomic E-state index is 11.9. The average molecular weight is 322 g/mol. The molecular formula is C19H18N2O3. The van der Waals surface area contributed by atoms with E-state index in [1.165, 1.54) is 6.07 Å². The number of hydrogen-bond acceptors (Lipinski definition) is 4. The lowest BCUT2D eigenvalue weighted by Crippen LogP contribution is -2.36. The van der Waals surface area contributed by atoms with Crippen LogP contribution in [0.25, 0.3) is 10.9 Å². The molecule has 0 radical (unpaired) electrons. The van der Waals surface area contributed by atoms with Crippen LogP contribution in [0.4, 0.5) is 5.69 Å². The van der Waals surface area contributed by atoms with Crippen molar-refractivity contribution in [3.63, 3.8) is 0 Å². The van der Waals surface area contributed by atoms with Crippen LogP contribution in [0.15, 0.2) is 59.4 Å². The second-order valence-corrected chi connectivity index (χ2v) is 5.74. The van der Waals surface area contributed by atoms with Crippen LogP contribution in [-0.4, -0.2) is 31.3 Å². The van der Waals surface area contributed by atoms with Gasteiger partial charge in [-0.2, -0.15) is 0 Å². The summed E-state index contributed by atoms with van der Waals surface area (Å²) >= 11 is 0. The van der Waals surface area contributed by atoms with E-state index in [-0.39, 0.29) is 5.56 Å². The van der Waals surface area contributed by atoms with Crippen LogP contribution in [0, 0.1) is 0 Å². The second-order valence-electron chi connectivity index (χ2n) is 5.74. The molecule has 24 heavy (non-hydrogen) atoms. The molecular weight excluding hydrogens is 304 g/mol. The minimum absolute atomic E-state index is 0.174. The summed E-state index contributed by atoms with van der Waals surface area (Å²) in [7, 11) is 0. The van der Waals surface area contributed by atoms with Crippen molar-refractivity contribution in [1.82, 2.24) is 4.98 Å².